The number of hydrogen-bond acceptors (Lipinski definition) is 4. The molecule has 0 unspecified atom stereocenters. The summed E-state index contributed by atoms with van der Waals surface area (Å²) in [6.45, 7) is 4.81. The zero-order valence-corrected chi connectivity index (χ0v) is 13.5. The lowest BCUT2D eigenvalue weighted by Crippen LogP contribution is -2.36. The van der Waals surface area contributed by atoms with Crippen LogP contribution in [0.1, 0.15) is 12.5 Å². The lowest BCUT2D eigenvalue weighted by Gasteiger charge is -2.10. The number of carbonyl (C=O) groups is 1. The molecule has 0 spiro atoms. The molecule has 1 amide bonds. The topological polar surface area (TPSA) is 59.6 Å². The van der Waals surface area contributed by atoms with Gasteiger partial charge in [0.1, 0.15) is 5.75 Å². The van der Waals surface area contributed by atoms with Gasteiger partial charge in [-0.1, -0.05) is 18.2 Å². The third-order valence-corrected chi connectivity index (χ3v) is 2.76. The maximum absolute atomic E-state index is 11.6. The summed E-state index contributed by atoms with van der Waals surface area (Å²) < 4.78 is 10.4. The van der Waals surface area contributed by atoms with Crippen molar-refractivity contribution >= 4 is 18.3 Å². The molecule has 0 radical (unpaired) electrons. The van der Waals surface area contributed by atoms with Crippen molar-refractivity contribution < 1.29 is 14.3 Å². The van der Waals surface area contributed by atoms with E-state index in [1.807, 2.05) is 31.2 Å². The fourth-order valence-electron chi connectivity index (χ4n) is 1.78. The first-order valence-corrected chi connectivity index (χ1v) is 6.95. The minimum Gasteiger partial charge on any atom is -0.494 e. The summed E-state index contributed by atoms with van der Waals surface area (Å²) in [4.78, 5) is 11.6. The van der Waals surface area contributed by atoms with E-state index in [1.165, 1.54) is 0 Å². The minimum atomic E-state index is -0.00464. The number of hydrogen-bond donors (Lipinski definition) is 2. The van der Waals surface area contributed by atoms with Gasteiger partial charge in [-0.05, 0) is 25.0 Å². The van der Waals surface area contributed by atoms with Gasteiger partial charge >= 0.3 is 0 Å². The lowest BCUT2D eigenvalue weighted by molar-refractivity contribution is -0.120. The molecule has 0 heterocycles. The SMILES string of the molecule is CCOc1ccccc1CCNC(=O)CNCCOC.Cl. The molecule has 0 aliphatic rings. The predicted octanol–water partition coefficient (Wildman–Crippen LogP) is 1.40. The molecule has 120 valence electrons. The summed E-state index contributed by atoms with van der Waals surface area (Å²) in [6.07, 6.45) is 0.764. The van der Waals surface area contributed by atoms with Crippen molar-refractivity contribution in [2.45, 2.75) is 13.3 Å². The van der Waals surface area contributed by atoms with Gasteiger partial charge in [0, 0.05) is 20.2 Å². The molecule has 21 heavy (non-hydrogen) atoms. The largest absolute Gasteiger partial charge is 0.494 e. The average molecular weight is 317 g/mol. The number of benzene rings is 1. The van der Waals surface area contributed by atoms with Crippen molar-refractivity contribution in [2.24, 2.45) is 0 Å². The molecule has 2 N–H and O–H groups in total. The van der Waals surface area contributed by atoms with Gasteiger partial charge in [0.25, 0.3) is 0 Å². The summed E-state index contributed by atoms with van der Waals surface area (Å²) in [6, 6.07) is 7.90. The normalized spacial score (nSPS) is 9.81. The van der Waals surface area contributed by atoms with Crippen LogP contribution in [-0.4, -0.2) is 45.9 Å². The highest BCUT2D eigenvalue weighted by atomic mass is 35.5. The van der Waals surface area contributed by atoms with Crippen molar-refractivity contribution in [2.75, 3.05) is 40.0 Å². The maximum atomic E-state index is 11.6. The second-order valence-electron chi connectivity index (χ2n) is 4.31. The third kappa shape index (κ3) is 8.55. The molecule has 0 saturated carbocycles. The Bertz CT molecular complexity index is 402. The van der Waals surface area contributed by atoms with Crippen molar-refractivity contribution in [1.82, 2.24) is 10.6 Å². The molecule has 5 nitrogen and oxygen atoms in total. The Balaban J connectivity index is 0.00000400. The second-order valence-corrected chi connectivity index (χ2v) is 4.31. The van der Waals surface area contributed by atoms with Crippen molar-refractivity contribution in [3.05, 3.63) is 29.8 Å². The van der Waals surface area contributed by atoms with Gasteiger partial charge in [0.15, 0.2) is 0 Å². The van der Waals surface area contributed by atoms with Gasteiger partial charge in [0.2, 0.25) is 5.91 Å². The van der Waals surface area contributed by atoms with Crippen molar-refractivity contribution in [3.63, 3.8) is 0 Å². The summed E-state index contributed by atoms with van der Waals surface area (Å²) in [5.74, 6) is 0.887. The molecular weight excluding hydrogens is 292 g/mol. The van der Waals surface area contributed by atoms with Crippen molar-refractivity contribution in [3.8, 4) is 5.75 Å². The van der Waals surface area contributed by atoms with Gasteiger partial charge < -0.3 is 20.1 Å². The van der Waals surface area contributed by atoms with Crippen LogP contribution in [0, 0.1) is 0 Å². The van der Waals surface area contributed by atoms with Crippen LogP contribution in [0.4, 0.5) is 0 Å². The van der Waals surface area contributed by atoms with Crippen LogP contribution in [0.25, 0.3) is 0 Å². The van der Waals surface area contributed by atoms with E-state index < -0.39 is 0 Å². The van der Waals surface area contributed by atoms with Crippen LogP contribution in [0.2, 0.25) is 0 Å². The van der Waals surface area contributed by atoms with E-state index in [0.717, 1.165) is 17.7 Å². The Morgan fingerprint density at radius 2 is 2.00 bits per heavy atom. The standard InChI is InChI=1S/C15H24N2O3.ClH/c1-3-20-14-7-5-4-6-13(14)8-9-17-15(18)12-16-10-11-19-2;/h4-7,16H,3,8-12H2,1-2H3,(H,17,18);1H. The molecule has 0 aromatic heterocycles. The van der Waals surface area contributed by atoms with Gasteiger partial charge in [0.05, 0.1) is 19.8 Å². The quantitative estimate of drug-likeness (QED) is 0.641. The lowest BCUT2D eigenvalue weighted by atomic mass is 10.1. The number of methoxy groups -OCH3 is 1. The summed E-state index contributed by atoms with van der Waals surface area (Å²) in [5.41, 5.74) is 1.11. The molecule has 1 rings (SSSR count). The fourth-order valence-corrected chi connectivity index (χ4v) is 1.78. The number of nitrogens with one attached hydrogen (secondary N) is 2. The van der Waals surface area contributed by atoms with Gasteiger partial charge in [-0.25, -0.2) is 0 Å². The van der Waals surface area contributed by atoms with Crippen LogP contribution in [-0.2, 0) is 16.0 Å². The molecule has 0 bridgehead atoms. The summed E-state index contributed by atoms with van der Waals surface area (Å²) >= 11 is 0. The molecule has 0 atom stereocenters. The monoisotopic (exact) mass is 316 g/mol. The van der Waals surface area contributed by atoms with E-state index in [0.29, 0.717) is 32.8 Å². The van der Waals surface area contributed by atoms with Crippen LogP contribution in [0.5, 0.6) is 5.75 Å². The summed E-state index contributed by atoms with van der Waals surface area (Å²) in [5, 5.41) is 5.88. The number of carbonyl (C=O) groups excluding carboxylic acids is 1. The highest BCUT2D eigenvalue weighted by Crippen LogP contribution is 2.17. The molecule has 0 saturated heterocycles. The molecule has 6 heteroatoms. The number of halogens is 1. The zero-order valence-electron chi connectivity index (χ0n) is 12.7. The van der Waals surface area contributed by atoms with E-state index in [-0.39, 0.29) is 18.3 Å². The molecule has 0 aliphatic carbocycles. The molecule has 0 aliphatic heterocycles. The zero-order chi connectivity index (χ0) is 14.6. The first kappa shape index (κ1) is 19.7. The Kier molecular flexibility index (Phi) is 11.7. The minimum absolute atomic E-state index is 0. The first-order chi connectivity index (χ1) is 9.77. The second kappa shape index (κ2) is 12.4. The van der Waals surface area contributed by atoms with E-state index in [1.54, 1.807) is 7.11 Å². The van der Waals surface area contributed by atoms with E-state index in [9.17, 15) is 4.79 Å². The third-order valence-electron chi connectivity index (χ3n) is 2.76. The Morgan fingerprint density at radius 1 is 1.24 bits per heavy atom. The molecule has 1 aromatic carbocycles. The number of rotatable bonds is 10. The number of para-hydroxylation sites is 1. The van der Waals surface area contributed by atoms with E-state index in [2.05, 4.69) is 10.6 Å². The van der Waals surface area contributed by atoms with Gasteiger partial charge in [-0.2, -0.15) is 0 Å². The van der Waals surface area contributed by atoms with Crippen molar-refractivity contribution in [1.29, 1.82) is 0 Å². The molecular formula is C15H25ClN2O3. The first-order valence-electron chi connectivity index (χ1n) is 6.95. The molecule has 1 aromatic rings. The molecule has 0 fully saturated rings. The smallest absolute Gasteiger partial charge is 0.233 e. The van der Waals surface area contributed by atoms with E-state index >= 15 is 0 Å². The summed E-state index contributed by atoms with van der Waals surface area (Å²) in [7, 11) is 1.64. The highest BCUT2D eigenvalue weighted by molar-refractivity contribution is 5.85. The fraction of sp³-hybridized carbons (Fsp3) is 0.533. The number of amides is 1. The Morgan fingerprint density at radius 3 is 2.71 bits per heavy atom. The van der Waals surface area contributed by atoms with Crippen LogP contribution >= 0.6 is 12.4 Å². The van der Waals surface area contributed by atoms with Gasteiger partial charge in [-0.3, -0.25) is 4.79 Å². The Labute approximate surface area is 132 Å². The predicted molar refractivity (Wildman–Crippen MR) is 86.3 cm³/mol. The van der Waals surface area contributed by atoms with Crippen LogP contribution in [0.15, 0.2) is 24.3 Å². The average Bonchev–Trinajstić information content (AvgIpc) is 2.46. The Hall–Kier alpha value is -1.30. The van der Waals surface area contributed by atoms with Crippen LogP contribution < -0.4 is 15.4 Å². The number of ether oxygens (including phenoxy) is 2. The van der Waals surface area contributed by atoms with Crippen LogP contribution in [0.3, 0.4) is 0 Å². The highest BCUT2D eigenvalue weighted by Gasteiger charge is 2.04. The maximum Gasteiger partial charge on any atom is 0.233 e. The van der Waals surface area contributed by atoms with Gasteiger partial charge in [-0.15, -0.1) is 12.4 Å². The van der Waals surface area contributed by atoms with E-state index in [4.69, 9.17) is 9.47 Å².